The molecule has 0 aromatic rings. The fourth-order valence-corrected chi connectivity index (χ4v) is 0.877. The summed E-state index contributed by atoms with van der Waals surface area (Å²) < 4.78 is 9.45. The average molecular weight is 234 g/mol. The summed E-state index contributed by atoms with van der Waals surface area (Å²) in [5.41, 5.74) is 4.63. The van der Waals surface area contributed by atoms with E-state index in [1.807, 2.05) is 0 Å². The molecule has 2 atom stereocenters. The SMILES string of the molecule is CC(CNN)OC(=O)C(=O)OC(C)CNN. The number of esters is 2. The second-order valence-electron chi connectivity index (χ2n) is 3.25. The second-order valence-corrected chi connectivity index (χ2v) is 3.25. The molecule has 0 heterocycles. The van der Waals surface area contributed by atoms with Gasteiger partial charge in [-0.15, -0.1) is 0 Å². The predicted octanol–water partition coefficient (Wildman–Crippen LogP) is -2.22. The Kier molecular flexibility index (Phi) is 7.38. The third-order valence-corrected chi connectivity index (χ3v) is 1.59. The highest BCUT2D eigenvalue weighted by atomic mass is 16.6. The van der Waals surface area contributed by atoms with Crippen LogP contribution in [0.4, 0.5) is 0 Å². The van der Waals surface area contributed by atoms with Crippen molar-refractivity contribution in [2.24, 2.45) is 11.7 Å². The molecule has 0 saturated heterocycles. The van der Waals surface area contributed by atoms with Gasteiger partial charge >= 0.3 is 11.9 Å². The zero-order chi connectivity index (χ0) is 12.6. The molecule has 0 amide bonds. The normalized spacial score (nSPS) is 14.0. The van der Waals surface area contributed by atoms with Crippen LogP contribution in [0.3, 0.4) is 0 Å². The highest BCUT2D eigenvalue weighted by Crippen LogP contribution is 1.95. The van der Waals surface area contributed by atoms with Crippen LogP contribution in [0, 0.1) is 0 Å². The van der Waals surface area contributed by atoms with Gasteiger partial charge in [0.1, 0.15) is 12.2 Å². The van der Waals surface area contributed by atoms with Crippen molar-refractivity contribution >= 4 is 11.9 Å². The van der Waals surface area contributed by atoms with Crippen molar-refractivity contribution in [1.29, 1.82) is 0 Å². The topological polar surface area (TPSA) is 129 Å². The third kappa shape index (κ3) is 6.30. The number of hydrogen-bond acceptors (Lipinski definition) is 8. The minimum absolute atomic E-state index is 0.249. The van der Waals surface area contributed by atoms with Crippen LogP contribution in [0.1, 0.15) is 13.8 Å². The lowest BCUT2D eigenvalue weighted by molar-refractivity contribution is -0.172. The van der Waals surface area contributed by atoms with Crippen LogP contribution < -0.4 is 22.5 Å². The number of hydrogen-bond donors (Lipinski definition) is 4. The Morgan fingerprint density at radius 2 is 1.31 bits per heavy atom. The van der Waals surface area contributed by atoms with E-state index in [9.17, 15) is 9.59 Å². The van der Waals surface area contributed by atoms with Crippen LogP contribution >= 0.6 is 0 Å². The van der Waals surface area contributed by atoms with E-state index < -0.39 is 24.1 Å². The molecular weight excluding hydrogens is 216 g/mol. The summed E-state index contributed by atoms with van der Waals surface area (Å²) in [4.78, 5) is 22.3. The van der Waals surface area contributed by atoms with Crippen molar-refractivity contribution in [3.63, 3.8) is 0 Å². The van der Waals surface area contributed by atoms with Gasteiger partial charge in [-0.05, 0) is 13.8 Å². The Morgan fingerprint density at radius 3 is 1.56 bits per heavy atom. The van der Waals surface area contributed by atoms with E-state index in [1.54, 1.807) is 13.8 Å². The predicted molar refractivity (Wildman–Crippen MR) is 55.5 cm³/mol. The summed E-state index contributed by atoms with van der Waals surface area (Å²) in [6.07, 6.45) is -1.01. The summed E-state index contributed by atoms with van der Waals surface area (Å²) in [7, 11) is 0. The molecule has 0 aliphatic heterocycles. The van der Waals surface area contributed by atoms with Crippen LogP contribution in [-0.4, -0.2) is 37.2 Å². The first-order valence-corrected chi connectivity index (χ1v) is 4.79. The number of hydrazine groups is 2. The zero-order valence-electron chi connectivity index (χ0n) is 9.36. The molecule has 0 aliphatic carbocycles. The van der Waals surface area contributed by atoms with Gasteiger partial charge in [0.2, 0.25) is 0 Å². The molecule has 0 rings (SSSR count). The van der Waals surface area contributed by atoms with Gasteiger partial charge in [0.15, 0.2) is 0 Å². The van der Waals surface area contributed by atoms with Crippen LogP contribution in [0.2, 0.25) is 0 Å². The minimum Gasteiger partial charge on any atom is -0.453 e. The van der Waals surface area contributed by atoms with Crippen molar-refractivity contribution < 1.29 is 19.1 Å². The van der Waals surface area contributed by atoms with Gasteiger partial charge in [-0.25, -0.2) is 9.59 Å². The van der Waals surface area contributed by atoms with Gasteiger partial charge in [0.25, 0.3) is 0 Å². The van der Waals surface area contributed by atoms with Crippen molar-refractivity contribution in [1.82, 2.24) is 10.9 Å². The molecule has 0 aliphatic rings. The molecule has 0 radical (unpaired) electrons. The Morgan fingerprint density at radius 1 is 1.00 bits per heavy atom. The number of nitrogens with one attached hydrogen (secondary N) is 2. The van der Waals surface area contributed by atoms with E-state index in [4.69, 9.17) is 21.2 Å². The zero-order valence-corrected chi connectivity index (χ0v) is 9.36. The van der Waals surface area contributed by atoms with Crippen molar-refractivity contribution in [2.45, 2.75) is 26.1 Å². The van der Waals surface area contributed by atoms with Crippen LogP contribution in [0.25, 0.3) is 0 Å². The van der Waals surface area contributed by atoms with E-state index in [1.165, 1.54) is 0 Å². The summed E-state index contributed by atoms with van der Waals surface area (Å²) in [6.45, 7) is 3.68. The highest BCUT2D eigenvalue weighted by molar-refractivity contribution is 6.29. The van der Waals surface area contributed by atoms with E-state index in [0.29, 0.717) is 0 Å². The Labute approximate surface area is 93.6 Å². The van der Waals surface area contributed by atoms with Gasteiger partial charge in [-0.3, -0.25) is 22.5 Å². The number of carbonyl (C=O) groups excluding carboxylic acids is 2. The molecule has 94 valence electrons. The van der Waals surface area contributed by atoms with E-state index >= 15 is 0 Å². The van der Waals surface area contributed by atoms with Crippen LogP contribution in [0.5, 0.6) is 0 Å². The molecule has 0 aromatic carbocycles. The van der Waals surface area contributed by atoms with E-state index in [0.717, 1.165) is 0 Å². The maximum Gasteiger partial charge on any atom is 0.417 e. The summed E-state index contributed by atoms with van der Waals surface area (Å²) in [5, 5.41) is 0. The standard InChI is InChI=1S/C8H18N4O4/c1-5(3-11-9)15-7(13)8(14)16-6(2)4-12-10/h5-6,11-12H,3-4,9-10H2,1-2H3. The Hall–Kier alpha value is -1.22. The van der Waals surface area contributed by atoms with Crippen LogP contribution in [-0.2, 0) is 19.1 Å². The molecule has 0 aromatic heterocycles. The lowest BCUT2D eigenvalue weighted by Crippen LogP contribution is -2.37. The molecule has 8 heteroatoms. The first-order valence-electron chi connectivity index (χ1n) is 4.79. The van der Waals surface area contributed by atoms with Gasteiger partial charge in [-0.1, -0.05) is 0 Å². The number of ether oxygens (including phenoxy) is 2. The van der Waals surface area contributed by atoms with Gasteiger partial charge in [0, 0.05) is 13.1 Å². The Bertz CT molecular complexity index is 212. The fourth-order valence-electron chi connectivity index (χ4n) is 0.877. The Balaban J connectivity index is 3.94. The molecule has 2 unspecified atom stereocenters. The molecule has 0 fully saturated rings. The van der Waals surface area contributed by atoms with Crippen LogP contribution in [0.15, 0.2) is 0 Å². The highest BCUT2D eigenvalue weighted by Gasteiger charge is 2.22. The minimum atomic E-state index is -1.05. The largest absolute Gasteiger partial charge is 0.453 e. The van der Waals surface area contributed by atoms with Crippen molar-refractivity contribution in [3.8, 4) is 0 Å². The van der Waals surface area contributed by atoms with Gasteiger partial charge in [0.05, 0.1) is 0 Å². The number of nitrogens with two attached hydrogens (primary N) is 2. The lowest BCUT2D eigenvalue weighted by Gasteiger charge is -2.14. The molecular formula is C8H18N4O4. The van der Waals surface area contributed by atoms with Gasteiger partial charge < -0.3 is 9.47 Å². The molecule has 0 spiro atoms. The maximum atomic E-state index is 11.2. The number of rotatable bonds is 6. The monoisotopic (exact) mass is 234 g/mol. The van der Waals surface area contributed by atoms with E-state index in [-0.39, 0.29) is 13.1 Å². The molecule has 16 heavy (non-hydrogen) atoms. The summed E-state index contributed by atoms with van der Waals surface area (Å²) >= 11 is 0. The molecule has 8 nitrogen and oxygen atoms in total. The average Bonchev–Trinajstić information content (AvgIpc) is 2.17. The summed E-state index contributed by atoms with van der Waals surface area (Å²) in [5.74, 6) is 7.94. The first kappa shape index (κ1) is 14.8. The molecule has 6 N–H and O–H groups in total. The third-order valence-electron chi connectivity index (χ3n) is 1.59. The van der Waals surface area contributed by atoms with Crippen molar-refractivity contribution in [2.75, 3.05) is 13.1 Å². The molecule has 0 bridgehead atoms. The first-order chi connectivity index (χ1) is 7.51. The smallest absolute Gasteiger partial charge is 0.417 e. The fraction of sp³-hybridized carbons (Fsp3) is 0.750. The quantitative estimate of drug-likeness (QED) is 0.176. The van der Waals surface area contributed by atoms with Gasteiger partial charge in [-0.2, -0.15) is 0 Å². The lowest BCUT2D eigenvalue weighted by atomic mass is 10.4. The second kappa shape index (κ2) is 7.99. The van der Waals surface area contributed by atoms with Crippen molar-refractivity contribution in [3.05, 3.63) is 0 Å². The van der Waals surface area contributed by atoms with E-state index in [2.05, 4.69) is 10.9 Å². The maximum absolute atomic E-state index is 11.2. The summed E-state index contributed by atoms with van der Waals surface area (Å²) in [6, 6.07) is 0. The number of carbonyl (C=O) groups is 2. The molecule has 0 saturated carbocycles.